The molecule has 164 valence electrons. The van der Waals surface area contributed by atoms with E-state index in [1.54, 1.807) is 11.6 Å². The average Bonchev–Trinajstić information content (AvgIpc) is 3.45. The lowest BCUT2D eigenvalue weighted by Crippen LogP contribution is -2.12. The van der Waals surface area contributed by atoms with Crippen LogP contribution in [0.15, 0.2) is 72.8 Å². The smallest absolute Gasteiger partial charge is 0.255 e. The van der Waals surface area contributed by atoms with Gasteiger partial charge < -0.3 is 10.1 Å². The molecule has 0 saturated heterocycles. The van der Waals surface area contributed by atoms with Crippen LogP contribution in [-0.2, 0) is 6.42 Å². The fourth-order valence-corrected chi connectivity index (χ4v) is 4.43. The number of carbonyl (C=O) groups is 1. The number of hydrogen-bond acceptors (Lipinski definition) is 6. The van der Waals surface area contributed by atoms with Gasteiger partial charge in [-0.1, -0.05) is 60.7 Å². The molecule has 0 spiro atoms. The highest BCUT2D eigenvalue weighted by atomic mass is 32.1. The summed E-state index contributed by atoms with van der Waals surface area (Å²) in [6, 6.07) is 23.2. The highest BCUT2D eigenvalue weighted by Gasteiger charge is 2.15. The molecule has 1 N–H and O–H groups in total. The molecule has 33 heavy (non-hydrogen) atoms. The Kier molecular flexibility index (Phi) is 5.58. The van der Waals surface area contributed by atoms with Crippen molar-refractivity contribution in [2.24, 2.45) is 0 Å². The van der Waals surface area contributed by atoms with Crippen LogP contribution >= 0.6 is 11.3 Å². The summed E-state index contributed by atoms with van der Waals surface area (Å²) in [4.78, 5) is 13.7. The van der Waals surface area contributed by atoms with Crippen LogP contribution in [0.4, 0.5) is 5.69 Å². The fourth-order valence-electron chi connectivity index (χ4n) is 3.57. The zero-order chi connectivity index (χ0) is 22.8. The molecule has 0 aliphatic carbocycles. The van der Waals surface area contributed by atoms with Crippen LogP contribution in [0.1, 0.15) is 23.1 Å². The molecular weight excluding hydrogens is 434 g/mol. The van der Waals surface area contributed by atoms with Crippen LogP contribution in [0.3, 0.4) is 0 Å². The molecule has 8 heteroatoms. The number of carbonyl (C=O) groups excluding carboxylic acids is 1. The maximum Gasteiger partial charge on any atom is 0.255 e. The van der Waals surface area contributed by atoms with Gasteiger partial charge in [-0.05, 0) is 41.5 Å². The van der Waals surface area contributed by atoms with Crippen LogP contribution in [0.5, 0.6) is 5.75 Å². The van der Waals surface area contributed by atoms with Gasteiger partial charge in [0, 0.05) is 17.5 Å². The van der Waals surface area contributed by atoms with Gasteiger partial charge in [0.1, 0.15) is 10.8 Å². The number of anilines is 1. The maximum absolute atomic E-state index is 13.0. The number of hydrogen-bond donors (Lipinski definition) is 1. The molecule has 3 aromatic carbocycles. The van der Waals surface area contributed by atoms with Gasteiger partial charge in [-0.3, -0.25) is 4.79 Å². The summed E-state index contributed by atoms with van der Waals surface area (Å²) in [5.74, 6) is 1.18. The minimum absolute atomic E-state index is 0.212. The van der Waals surface area contributed by atoms with Crippen molar-refractivity contribution in [2.45, 2.75) is 13.3 Å². The van der Waals surface area contributed by atoms with E-state index in [-0.39, 0.29) is 5.91 Å². The topological polar surface area (TPSA) is 81.4 Å². The van der Waals surface area contributed by atoms with E-state index in [1.807, 2.05) is 79.7 Å². The second kappa shape index (κ2) is 8.84. The lowest BCUT2D eigenvalue weighted by Gasteiger charge is -2.12. The number of rotatable bonds is 6. The van der Waals surface area contributed by atoms with Crippen molar-refractivity contribution in [2.75, 3.05) is 12.4 Å². The van der Waals surface area contributed by atoms with E-state index in [0.717, 1.165) is 38.9 Å². The quantitative estimate of drug-likeness (QED) is 0.374. The first kappa shape index (κ1) is 20.8. The largest absolute Gasteiger partial charge is 0.495 e. The molecule has 1 amide bonds. The molecule has 0 radical (unpaired) electrons. The van der Waals surface area contributed by atoms with Gasteiger partial charge in [0.2, 0.25) is 4.96 Å². The number of benzene rings is 3. The Balaban J connectivity index is 1.41. The third-order valence-electron chi connectivity index (χ3n) is 5.32. The normalized spacial score (nSPS) is 11.0. The highest BCUT2D eigenvalue weighted by molar-refractivity contribution is 7.19. The zero-order valence-electron chi connectivity index (χ0n) is 18.1. The molecule has 0 aliphatic rings. The number of methoxy groups -OCH3 is 1. The highest BCUT2D eigenvalue weighted by Crippen LogP contribution is 2.33. The van der Waals surface area contributed by atoms with E-state index >= 15 is 0 Å². The first-order chi connectivity index (χ1) is 16.2. The monoisotopic (exact) mass is 455 g/mol. The van der Waals surface area contributed by atoms with E-state index in [9.17, 15) is 4.79 Å². The lowest BCUT2D eigenvalue weighted by molar-refractivity contribution is 0.102. The molecule has 2 aromatic heterocycles. The second-order valence-electron chi connectivity index (χ2n) is 7.38. The molecule has 5 rings (SSSR count). The maximum atomic E-state index is 13.0. The van der Waals surface area contributed by atoms with E-state index in [2.05, 4.69) is 20.6 Å². The van der Waals surface area contributed by atoms with Gasteiger partial charge in [-0.25, -0.2) is 0 Å². The number of amides is 1. The molecule has 7 nitrogen and oxygen atoms in total. The molecule has 0 saturated carbocycles. The van der Waals surface area contributed by atoms with Gasteiger partial charge in [0.15, 0.2) is 5.82 Å². The van der Waals surface area contributed by atoms with Crippen molar-refractivity contribution >= 4 is 27.9 Å². The van der Waals surface area contributed by atoms with Crippen LogP contribution < -0.4 is 10.1 Å². The van der Waals surface area contributed by atoms with Crippen LogP contribution in [-0.4, -0.2) is 32.8 Å². The molecule has 0 bridgehead atoms. The van der Waals surface area contributed by atoms with Crippen molar-refractivity contribution in [1.29, 1.82) is 0 Å². The first-order valence-electron chi connectivity index (χ1n) is 10.5. The minimum atomic E-state index is -0.212. The third-order valence-corrected chi connectivity index (χ3v) is 6.27. The summed E-state index contributed by atoms with van der Waals surface area (Å²) in [5.41, 5.74) is 4.17. The summed E-state index contributed by atoms with van der Waals surface area (Å²) in [7, 11) is 1.58. The number of nitrogens with one attached hydrogen (secondary N) is 1. The molecule has 0 fully saturated rings. The number of aryl methyl sites for hydroxylation is 1. The number of fused-ring (bicyclic) bond motifs is 1. The summed E-state index contributed by atoms with van der Waals surface area (Å²) in [6.45, 7) is 2.02. The molecule has 0 atom stereocenters. The van der Waals surface area contributed by atoms with Crippen molar-refractivity contribution < 1.29 is 9.53 Å². The Morgan fingerprint density at radius 2 is 1.70 bits per heavy atom. The first-order valence-corrected chi connectivity index (χ1v) is 11.3. The standard InChI is InChI=1S/C25H21N5O2S/c1-3-22-27-28-25-30(22)29-24(33-25)19-13-14-21(32-2)20(15-19)26-23(31)18-11-9-17(10-12-18)16-7-5-4-6-8-16/h4-15H,3H2,1-2H3,(H,26,31). The van der Waals surface area contributed by atoms with Crippen molar-refractivity contribution in [3.05, 3.63) is 84.2 Å². The molecule has 0 aliphatic heterocycles. The van der Waals surface area contributed by atoms with E-state index in [0.29, 0.717) is 17.0 Å². The lowest BCUT2D eigenvalue weighted by atomic mass is 10.0. The molecular formula is C25H21N5O2S. The Morgan fingerprint density at radius 1 is 0.970 bits per heavy atom. The van der Waals surface area contributed by atoms with Gasteiger partial charge in [0.25, 0.3) is 5.91 Å². The SMILES string of the molecule is CCc1nnc2sc(-c3ccc(OC)c(NC(=O)c4ccc(-c5ccccc5)cc4)c3)nn12. The summed E-state index contributed by atoms with van der Waals surface area (Å²) in [6.07, 6.45) is 0.747. The van der Waals surface area contributed by atoms with E-state index in [1.165, 1.54) is 11.3 Å². The number of nitrogens with zero attached hydrogens (tertiary/aromatic N) is 4. The fraction of sp³-hybridized carbons (Fsp3) is 0.120. The third kappa shape index (κ3) is 4.08. The average molecular weight is 456 g/mol. The number of ether oxygens (including phenoxy) is 1. The molecule has 0 unspecified atom stereocenters. The van der Waals surface area contributed by atoms with E-state index in [4.69, 9.17) is 4.74 Å². The van der Waals surface area contributed by atoms with Crippen molar-refractivity contribution in [1.82, 2.24) is 19.8 Å². The molecule has 5 aromatic rings. The zero-order valence-corrected chi connectivity index (χ0v) is 19.0. The van der Waals surface area contributed by atoms with Crippen LogP contribution in [0, 0.1) is 0 Å². The minimum Gasteiger partial charge on any atom is -0.495 e. The predicted octanol–water partition coefficient (Wildman–Crippen LogP) is 5.34. The second-order valence-corrected chi connectivity index (χ2v) is 8.34. The Morgan fingerprint density at radius 3 is 2.42 bits per heavy atom. The van der Waals surface area contributed by atoms with Gasteiger partial charge in [0.05, 0.1) is 12.8 Å². The van der Waals surface area contributed by atoms with E-state index < -0.39 is 0 Å². The van der Waals surface area contributed by atoms with Gasteiger partial charge in [-0.2, -0.15) is 9.61 Å². The van der Waals surface area contributed by atoms with Crippen molar-refractivity contribution in [3.63, 3.8) is 0 Å². The summed E-state index contributed by atoms with van der Waals surface area (Å²) in [5, 5.41) is 16.7. The Labute approximate surface area is 194 Å². The van der Waals surface area contributed by atoms with Crippen molar-refractivity contribution in [3.8, 4) is 27.4 Å². The molecule has 2 heterocycles. The van der Waals surface area contributed by atoms with Gasteiger partial charge >= 0.3 is 0 Å². The van der Waals surface area contributed by atoms with Crippen LogP contribution in [0.2, 0.25) is 0 Å². The number of aromatic nitrogens is 4. The Bertz CT molecular complexity index is 1420. The summed E-state index contributed by atoms with van der Waals surface area (Å²) >= 11 is 1.45. The predicted molar refractivity (Wildman–Crippen MR) is 130 cm³/mol. The summed E-state index contributed by atoms with van der Waals surface area (Å²) < 4.78 is 7.23. The van der Waals surface area contributed by atoms with Gasteiger partial charge in [-0.15, -0.1) is 10.2 Å². The Hall–Kier alpha value is -4.04. The van der Waals surface area contributed by atoms with Crippen LogP contribution in [0.25, 0.3) is 26.7 Å².